The average molecular weight is 270 g/mol. The van der Waals surface area contributed by atoms with Gasteiger partial charge in [-0.3, -0.25) is 4.79 Å². The first kappa shape index (κ1) is 12.9. The number of carbonyl (C=O) groups is 1. The number of hydrogen-bond acceptors (Lipinski definition) is 1. The fourth-order valence-electron chi connectivity index (χ4n) is 3.10. The lowest BCUT2D eigenvalue weighted by Gasteiger charge is -2.12. The van der Waals surface area contributed by atoms with Crippen molar-refractivity contribution in [3.05, 3.63) is 58.4 Å². The largest absolute Gasteiger partial charge is 0.481 e. The number of aryl methyl sites for hydroxylation is 1. The number of carboxylic acid groups (broad SMARTS) is 1. The van der Waals surface area contributed by atoms with Crippen LogP contribution in [0.2, 0.25) is 0 Å². The van der Waals surface area contributed by atoms with Gasteiger partial charge in [0.15, 0.2) is 0 Å². The highest BCUT2D eigenvalue weighted by atomic mass is 19.1. The van der Waals surface area contributed by atoms with Gasteiger partial charge in [-0.15, -0.1) is 0 Å². The lowest BCUT2D eigenvalue weighted by Crippen LogP contribution is -2.05. The molecule has 1 aliphatic rings. The zero-order valence-corrected chi connectivity index (χ0v) is 11.4. The van der Waals surface area contributed by atoms with E-state index in [0.29, 0.717) is 0 Å². The molecule has 2 nitrogen and oxygen atoms in total. The summed E-state index contributed by atoms with van der Waals surface area (Å²) in [5.41, 5.74) is 6.13. The molecule has 0 saturated heterocycles. The molecular formula is C17H15FO2. The maximum absolute atomic E-state index is 13.5. The highest BCUT2D eigenvalue weighted by Crippen LogP contribution is 2.48. The molecule has 2 aromatic carbocycles. The standard InChI is InChI=1S/C17H15FO2/c1-9-3-5-12-15(8-16(19)20)14-7-11(18)4-6-13(14)17(12)10(9)2/h3-7,15H,8H2,1-2H3,(H,19,20). The van der Waals surface area contributed by atoms with Crippen molar-refractivity contribution in [2.75, 3.05) is 0 Å². The third-order valence-electron chi connectivity index (χ3n) is 4.18. The quantitative estimate of drug-likeness (QED) is 0.894. The van der Waals surface area contributed by atoms with E-state index in [0.717, 1.165) is 33.4 Å². The number of halogens is 1. The number of benzene rings is 2. The Morgan fingerprint density at radius 1 is 1.20 bits per heavy atom. The molecule has 0 bridgehead atoms. The molecule has 0 fully saturated rings. The number of fused-ring (bicyclic) bond motifs is 3. The van der Waals surface area contributed by atoms with E-state index in [1.54, 1.807) is 6.07 Å². The molecule has 1 N–H and O–H groups in total. The van der Waals surface area contributed by atoms with Crippen molar-refractivity contribution in [3.8, 4) is 11.1 Å². The summed E-state index contributed by atoms with van der Waals surface area (Å²) >= 11 is 0. The number of rotatable bonds is 2. The first-order chi connectivity index (χ1) is 9.49. The molecule has 0 radical (unpaired) electrons. The first-order valence-electron chi connectivity index (χ1n) is 6.60. The van der Waals surface area contributed by atoms with E-state index < -0.39 is 5.97 Å². The Labute approximate surface area is 116 Å². The van der Waals surface area contributed by atoms with Crippen LogP contribution in [0.25, 0.3) is 11.1 Å². The maximum atomic E-state index is 13.5. The highest BCUT2D eigenvalue weighted by molar-refractivity contribution is 5.84. The van der Waals surface area contributed by atoms with Gasteiger partial charge in [0.2, 0.25) is 0 Å². The fourth-order valence-corrected chi connectivity index (χ4v) is 3.10. The molecule has 1 atom stereocenters. The van der Waals surface area contributed by atoms with E-state index in [1.807, 2.05) is 26.0 Å². The Bertz CT molecular complexity index is 719. The Morgan fingerprint density at radius 2 is 1.95 bits per heavy atom. The van der Waals surface area contributed by atoms with Crippen LogP contribution in [0.4, 0.5) is 4.39 Å². The molecule has 102 valence electrons. The minimum absolute atomic E-state index is 0.00798. The molecule has 0 heterocycles. The van der Waals surface area contributed by atoms with Gasteiger partial charge in [0.1, 0.15) is 5.82 Å². The van der Waals surface area contributed by atoms with E-state index in [2.05, 4.69) is 0 Å². The van der Waals surface area contributed by atoms with Gasteiger partial charge in [0.25, 0.3) is 0 Å². The summed E-state index contributed by atoms with van der Waals surface area (Å²) in [4.78, 5) is 11.1. The van der Waals surface area contributed by atoms with Crippen molar-refractivity contribution in [2.45, 2.75) is 26.2 Å². The second kappa shape index (κ2) is 4.44. The molecule has 0 saturated carbocycles. The normalized spacial score (nSPS) is 15.8. The van der Waals surface area contributed by atoms with Crippen LogP contribution < -0.4 is 0 Å². The minimum atomic E-state index is -0.865. The van der Waals surface area contributed by atoms with E-state index in [1.165, 1.54) is 12.1 Å². The minimum Gasteiger partial charge on any atom is -0.481 e. The SMILES string of the molecule is Cc1ccc2c(c1C)-c1ccc(F)cc1C2CC(=O)O. The van der Waals surface area contributed by atoms with Crippen molar-refractivity contribution >= 4 is 5.97 Å². The monoisotopic (exact) mass is 270 g/mol. The predicted octanol–water partition coefficient (Wildman–Crippen LogP) is 4.03. The second-order valence-corrected chi connectivity index (χ2v) is 5.35. The summed E-state index contributed by atoms with van der Waals surface area (Å²) < 4.78 is 13.5. The summed E-state index contributed by atoms with van der Waals surface area (Å²) in [5.74, 6) is -1.44. The summed E-state index contributed by atoms with van der Waals surface area (Å²) in [5, 5.41) is 9.12. The smallest absolute Gasteiger partial charge is 0.304 e. The van der Waals surface area contributed by atoms with Crippen molar-refractivity contribution in [2.24, 2.45) is 0 Å². The zero-order valence-electron chi connectivity index (χ0n) is 11.4. The van der Waals surface area contributed by atoms with Crippen LogP contribution in [0.15, 0.2) is 30.3 Å². The van der Waals surface area contributed by atoms with Gasteiger partial charge < -0.3 is 5.11 Å². The molecule has 2 aromatic rings. The van der Waals surface area contributed by atoms with Crippen molar-refractivity contribution in [1.82, 2.24) is 0 Å². The van der Waals surface area contributed by atoms with Gasteiger partial charge in [0, 0.05) is 5.92 Å². The van der Waals surface area contributed by atoms with Gasteiger partial charge in [-0.2, -0.15) is 0 Å². The van der Waals surface area contributed by atoms with Crippen LogP contribution in [0.5, 0.6) is 0 Å². The molecule has 0 aromatic heterocycles. The van der Waals surface area contributed by atoms with Gasteiger partial charge in [-0.25, -0.2) is 4.39 Å². The molecular weight excluding hydrogens is 255 g/mol. The summed E-state index contributed by atoms with van der Waals surface area (Å²) in [7, 11) is 0. The van der Waals surface area contributed by atoms with Gasteiger partial charge in [0.05, 0.1) is 6.42 Å². The third-order valence-corrected chi connectivity index (χ3v) is 4.18. The third kappa shape index (κ3) is 1.82. The van der Waals surface area contributed by atoms with Crippen molar-refractivity contribution in [1.29, 1.82) is 0 Å². The van der Waals surface area contributed by atoms with Crippen LogP contribution in [-0.2, 0) is 4.79 Å². The molecule has 20 heavy (non-hydrogen) atoms. The average Bonchev–Trinajstić information content (AvgIpc) is 2.68. The Hall–Kier alpha value is -2.16. The molecule has 0 spiro atoms. The second-order valence-electron chi connectivity index (χ2n) is 5.35. The van der Waals surface area contributed by atoms with E-state index in [-0.39, 0.29) is 18.2 Å². The maximum Gasteiger partial charge on any atom is 0.304 e. The first-order valence-corrected chi connectivity index (χ1v) is 6.60. The number of aliphatic carboxylic acids is 1. The lowest BCUT2D eigenvalue weighted by molar-refractivity contribution is -0.137. The van der Waals surface area contributed by atoms with E-state index in [4.69, 9.17) is 5.11 Å². The van der Waals surface area contributed by atoms with Crippen LogP contribution in [0.1, 0.15) is 34.6 Å². The van der Waals surface area contributed by atoms with Gasteiger partial charge >= 0.3 is 5.97 Å². The van der Waals surface area contributed by atoms with Crippen LogP contribution in [0, 0.1) is 19.7 Å². The van der Waals surface area contributed by atoms with E-state index >= 15 is 0 Å². The Balaban J connectivity index is 2.29. The van der Waals surface area contributed by atoms with Crippen molar-refractivity contribution in [3.63, 3.8) is 0 Å². The van der Waals surface area contributed by atoms with Crippen LogP contribution in [-0.4, -0.2) is 11.1 Å². The number of carboxylic acids is 1. The molecule has 1 unspecified atom stereocenters. The number of hydrogen-bond donors (Lipinski definition) is 1. The predicted molar refractivity (Wildman–Crippen MR) is 75.4 cm³/mol. The topological polar surface area (TPSA) is 37.3 Å². The molecule has 1 aliphatic carbocycles. The fraction of sp³-hybridized carbons (Fsp3) is 0.235. The van der Waals surface area contributed by atoms with Crippen molar-refractivity contribution < 1.29 is 14.3 Å². The zero-order chi connectivity index (χ0) is 14.4. The van der Waals surface area contributed by atoms with Gasteiger partial charge in [-0.1, -0.05) is 18.2 Å². The highest BCUT2D eigenvalue weighted by Gasteiger charge is 2.31. The summed E-state index contributed by atoms with van der Waals surface area (Å²) in [6.45, 7) is 4.06. The molecule has 0 amide bonds. The summed E-state index contributed by atoms with van der Waals surface area (Å²) in [6, 6.07) is 8.65. The van der Waals surface area contributed by atoms with Gasteiger partial charge in [-0.05, 0) is 59.4 Å². The lowest BCUT2D eigenvalue weighted by atomic mass is 9.92. The van der Waals surface area contributed by atoms with Crippen LogP contribution in [0.3, 0.4) is 0 Å². The Kier molecular flexibility index (Phi) is 2.85. The molecule has 0 aliphatic heterocycles. The van der Waals surface area contributed by atoms with Crippen LogP contribution >= 0.6 is 0 Å². The van der Waals surface area contributed by atoms with E-state index in [9.17, 15) is 9.18 Å². The molecule has 3 rings (SSSR count). The molecule has 3 heteroatoms. The summed E-state index contributed by atoms with van der Waals surface area (Å²) in [6.07, 6.45) is -0.00798. The Morgan fingerprint density at radius 3 is 2.65 bits per heavy atom.